The molecule has 0 fully saturated rings. The number of hydrogen-bond donors (Lipinski definition) is 1. The van der Waals surface area contributed by atoms with Crippen LogP contribution in [0.1, 0.15) is 27.0 Å². The van der Waals surface area contributed by atoms with E-state index in [1.54, 1.807) is 12.1 Å². The highest BCUT2D eigenvalue weighted by Gasteiger charge is 2.35. The lowest BCUT2D eigenvalue weighted by Crippen LogP contribution is -2.31. The maximum Gasteiger partial charge on any atom is 0.264 e. The van der Waals surface area contributed by atoms with Crippen LogP contribution in [-0.2, 0) is 10.0 Å². The Bertz CT molecular complexity index is 1030. The van der Waals surface area contributed by atoms with Crippen LogP contribution in [0.2, 0.25) is 0 Å². The van der Waals surface area contributed by atoms with Crippen LogP contribution in [-0.4, -0.2) is 31.2 Å². The third-order valence-corrected chi connectivity index (χ3v) is 5.70. The summed E-state index contributed by atoms with van der Waals surface area (Å²) in [6, 6.07) is 12.3. The van der Waals surface area contributed by atoms with Gasteiger partial charge in [-0.2, -0.15) is 5.26 Å². The van der Waals surface area contributed by atoms with Crippen molar-refractivity contribution in [1.29, 1.82) is 5.26 Å². The minimum Gasteiger partial charge on any atom is -0.505 e. The summed E-state index contributed by atoms with van der Waals surface area (Å²) in [7, 11) is -2.58. The second kappa shape index (κ2) is 5.51. The molecule has 0 atom stereocenters. The fourth-order valence-corrected chi connectivity index (χ4v) is 4.08. The van der Waals surface area contributed by atoms with Gasteiger partial charge in [0.2, 0.25) is 0 Å². The second-order valence-electron chi connectivity index (χ2n) is 5.20. The van der Waals surface area contributed by atoms with E-state index in [2.05, 4.69) is 0 Å². The normalized spacial score (nSPS) is 15.6. The predicted molar refractivity (Wildman–Crippen MR) is 87.4 cm³/mol. The van der Waals surface area contributed by atoms with Crippen LogP contribution >= 0.6 is 0 Å². The van der Waals surface area contributed by atoms with E-state index in [0.717, 1.165) is 4.31 Å². The molecule has 0 unspecified atom stereocenters. The fraction of sp³-hybridized carbons (Fsp3) is 0.0588. The molecule has 0 spiro atoms. The first-order valence-corrected chi connectivity index (χ1v) is 8.37. The Kier molecular flexibility index (Phi) is 3.62. The molecule has 0 amide bonds. The van der Waals surface area contributed by atoms with Gasteiger partial charge in [0.25, 0.3) is 10.0 Å². The van der Waals surface area contributed by atoms with Crippen molar-refractivity contribution in [2.45, 2.75) is 4.90 Å². The van der Waals surface area contributed by atoms with Gasteiger partial charge in [0.1, 0.15) is 11.5 Å². The van der Waals surface area contributed by atoms with Gasteiger partial charge in [-0.15, -0.1) is 0 Å². The fourth-order valence-electron chi connectivity index (χ4n) is 2.66. The number of aldehydes is 1. The lowest BCUT2D eigenvalue weighted by Gasteiger charge is -2.30. The van der Waals surface area contributed by atoms with Crippen molar-refractivity contribution in [2.75, 3.05) is 7.05 Å². The van der Waals surface area contributed by atoms with Crippen LogP contribution in [0.4, 0.5) is 0 Å². The molecule has 2 aromatic carbocycles. The van der Waals surface area contributed by atoms with Gasteiger partial charge in [-0.1, -0.05) is 12.1 Å². The molecular formula is C17H12N2O4S. The average molecular weight is 340 g/mol. The van der Waals surface area contributed by atoms with Crippen molar-refractivity contribution < 1.29 is 18.3 Å². The molecular weight excluding hydrogens is 328 g/mol. The van der Waals surface area contributed by atoms with Crippen LogP contribution in [0.3, 0.4) is 0 Å². The summed E-state index contributed by atoms with van der Waals surface area (Å²) < 4.78 is 26.4. The lowest BCUT2D eigenvalue weighted by atomic mass is 9.99. The maximum absolute atomic E-state index is 12.7. The summed E-state index contributed by atoms with van der Waals surface area (Å²) >= 11 is 0. The van der Waals surface area contributed by atoms with Crippen molar-refractivity contribution in [1.82, 2.24) is 4.31 Å². The van der Waals surface area contributed by atoms with Gasteiger partial charge in [-0.25, -0.2) is 8.42 Å². The summed E-state index contributed by atoms with van der Waals surface area (Å²) in [4.78, 5) is 11.3. The summed E-state index contributed by atoms with van der Waals surface area (Å²) in [6.07, 6.45) is 0.553. The SMILES string of the molecule is CN1C(c2cc(C#N)ccc2C=O)=C(O)c2ccccc2S1(=O)=O. The molecule has 120 valence electrons. The van der Waals surface area contributed by atoms with Gasteiger partial charge in [0.05, 0.1) is 16.5 Å². The van der Waals surface area contributed by atoms with Crippen LogP contribution in [0, 0.1) is 11.3 Å². The highest BCUT2D eigenvalue weighted by atomic mass is 32.2. The molecule has 0 saturated heterocycles. The number of sulfonamides is 1. The average Bonchev–Trinajstić information content (AvgIpc) is 2.60. The first kappa shape index (κ1) is 15.8. The molecule has 0 saturated carbocycles. The van der Waals surface area contributed by atoms with Crippen LogP contribution in [0.25, 0.3) is 11.5 Å². The second-order valence-corrected chi connectivity index (χ2v) is 7.14. The molecule has 6 nitrogen and oxygen atoms in total. The molecule has 24 heavy (non-hydrogen) atoms. The van der Waals surface area contributed by atoms with Crippen LogP contribution in [0.5, 0.6) is 0 Å². The van der Waals surface area contributed by atoms with Gasteiger partial charge in [0.15, 0.2) is 6.29 Å². The van der Waals surface area contributed by atoms with Gasteiger partial charge in [0, 0.05) is 23.7 Å². The lowest BCUT2D eigenvalue weighted by molar-refractivity contribution is 0.112. The Morgan fingerprint density at radius 3 is 2.54 bits per heavy atom. The van der Waals surface area contributed by atoms with E-state index in [4.69, 9.17) is 5.26 Å². The van der Waals surface area contributed by atoms with E-state index in [1.807, 2.05) is 6.07 Å². The number of aliphatic hydroxyl groups is 1. The molecule has 0 aromatic heterocycles. The smallest absolute Gasteiger partial charge is 0.264 e. The van der Waals surface area contributed by atoms with E-state index in [0.29, 0.717) is 6.29 Å². The zero-order chi connectivity index (χ0) is 17.5. The Labute approximate surface area is 138 Å². The molecule has 1 aliphatic rings. The highest BCUT2D eigenvalue weighted by Crippen LogP contribution is 2.39. The highest BCUT2D eigenvalue weighted by molar-refractivity contribution is 7.89. The number of fused-ring (bicyclic) bond motifs is 1. The summed E-state index contributed by atoms with van der Waals surface area (Å²) in [5.74, 6) is -0.263. The van der Waals surface area contributed by atoms with Gasteiger partial charge in [-0.3, -0.25) is 9.10 Å². The van der Waals surface area contributed by atoms with Gasteiger partial charge < -0.3 is 5.11 Å². The molecule has 0 aliphatic carbocycles. The molecule has 3 rings (SSSR count). The molecule has 2 aromatic rings. The Morgan fingerprint density at radius 2 is 1.88 bits per heavy atom. The number of aliphatic hydroxyl groups excluding tert-OH is 1. The van der Waals surface area contributed by atoms with Crippen molar-refractivity contribution in [3.8, 4) is 6.07 Å². The molecule has 1 heterocycles. The number of hydrogen-bond acceptors (Lipinski definition) is 5. The van der Waals surface area contributed by atoms with E-state index >= 15 is 0 Å². The zero-order valence-electron chi connectivity index (χ0n) is 12.6. The van der Waals surface area contributed by atoms with E-state index in [1.165, 1.54) is 37.4 Å². The van der Waals surface area contributed by atoms with Crippen molar-refractivity contribution >= 4 is 27.8 Å². The monoisotopic (exact) mass is 340 g/mol. The standard InChI is InChI=1S/C17H12N2O4S/c1-19-16(14-8-11(9-18)6-7-12(14)10-20)17(21)13-4-2-3-5-15(13)24(19,22)23/h2-8,10,21H,1H3. The Balaban J connectivity index is 2.41. The van der Waals surface area contributed by atoms with Gasteiger partial charge >= 0.3 is 0 Å². The molecule has 1 aliphatic heterocycles. The summed E-state index contributed by atoms with van der Waals surface area (Å²) in [5, 5.41) is 19.7. The van der Waals surface area contributed by atoms with Crippen molar-refractivity contribution in [2.24, 2.45) is 0 Å². The maximum atomic E-state index is 12.7. The number of carbonyl (C=O) groups excluding carboxylic acids is 1. The largest absolute Gasteiger partial charge is 0.505 e. The minimum atomic E-state index is -3.88. The first-order valence-electron chi connectivity index (χ1n) is 6.93. The van der Waals surface area contributed by atoms with Gasteiger partial charge in [-0.05, 0) is 30.3 Å². The molecule has 7 heteroatoms. The predicted octanol–water partition coefficient (Wildman–Crippen LogP) is 2.39. The summed E-state index contributed by atoms with van der Waals surface area (Å²) in [5.41, 5.74) is 0.734. The Hall–Kier alpha value is -3.11. The van der Waals surface area contributed by atoms with E-state index in [-0.39, 0.29) is 38.6 Å². The number of benzene rings is 2. The topological polar surface area (TPSA) is 98.5 Å². The number of nitriles is 1. The minimum absolute atomic E-state index is 0.0159. The number of nitrogens with zero attached hydrogens (tertiary/aromatic N) is 2. The third-order valence-electron chi connectivity index (χ3n) is 3.88. The zero-order valence-corrected chi connectivity index (χ0v) is 13.4. The number of carbonyl (C=O) groups is 1. The van der Waals surface area contributed by atoms with Crippen LogP contribution < -0.4 is 0 Å². The van der Waals surface area contributed by atoms with E-state index < -0.39 is 10.0 Å². The third kappa shape index (κ3) is 2.16. The first-order chi connectivity index (χ1) is 11.4. The van der Waals surface area contributed by atoms with E-state index in [9.17, 15) is 18.3 Å². The number of rotatable bonds is 2. The molecule has 0 bridgehead atoms. The van der Waals surface area contributed by atoms with Crippen molar-refractivity contribution in [3.63, 3.8) is 0 Å². The summed E-state index contributed by atoms with van der Waals surface area (Å²) in [6.45, 7) is 0. The molecule has 0 radical (unpaired) electrons. The van der Waals surface area contributed by atoms with Crippen LogP contribution in [0.15, 0.2) is 47.4 Å². The quantitative estimate of drug-likeness (QED) is 0.846. The Morgan fingerprint density at radius 1 is 1.17 bits per heavy atom. The molecule has 1 N–H and O–H groups in total. The van der Waals surface area contributed by atoms with Crippen molar-refractivity contribution in [3.05, 3.63) is 64.7 Å².